The van der Waals surface area contributed by atoms with Crippen molar-refractivity contribution >= 4 is 11.9 Å². The molecular weight excluding hydrogens is 376 g/mol. The average Bonchev–Trinajstić information content (AvgIpc) is 3.07. The first-order valence-electron chi connectivity index (χ1n) is 11.2. The van der Waals surface area contributed by atoms with E-state index in [9.17, 15) is 9.59 Å². The van der Waals surface area contributed by atoms with Crippen molar-refractivity contribution in [2.45, 2.75) is 68.9 Å². The second-order valence-electron chi connectivity index (χ2n) is 9.03. The van der Waals surface area contributed by atoms with Crippen LogP contribution in [-0.4, -0.2) is 22.9 Å². The molecular formula is C25H28N2O3. The van der Waals surface area contributed by atoms with Gasteiger partial charge in [-0.15, -0.1) is 0 Å². The van der Waals surface area contributed by atoms with E-state index in [1.807, 2.05) is 0 Å². The number of hydrogen-bond donors (Lipinski definition) is 1. The Bertz CT molecular complexity index is 926. The van der Waals surface area contributed by atoms with Crippen LogP contribution in [0.1, 0.15) is 78.9 Å². The van der Waals surface area contributed by atoms with E-state index in [4.69, 9.17) is 4.74 Å². The minimum Gasteiger partial charge on any atom is -0.449 e. The van der Waals surface area contributed by atoms with Gasteiger partial charge < -0.3 is 10.1 Å². The first-order chi connectivity index (χ1) is 14.6. The number of amides is 1. The summed E-state index contributed by atoms with van der Waals surface area (Å²) in [6.07, 6.45) is 8.84. The number of benzene rings is 1. The Hall–Kier alpha value is -2.69. The average molecular weight is 405 g/mol. The molecule has 2 aliphatic carbocycles. The van der Waals surface area contributed by atoms with Gasteiger partial charge in [-0.3, -0.25) is 9.78 Å². The SMILES string of the molecule is O=C1OC2(CCC(C(=O)NC3CCC(c4ccccc4)CC3)CC2)c2ncccc21. The van der Waals surface area contributed by atoms with Crippen LogP contribution in [0.4, 0.5) is 0 Å². The van der Waals surface area contributed by atoms with Crippen molar-refractivity contribution in [1.82, 2.24) is 10.3 Å². The molecule has 0 atom stereocenters. The Morgan fingerprint density at radius 1 is 0.967 bits per heavy atom. The predicted molar refractivity (Wildman–Crippen MR) is 113 cm³/mol. The molecule has 1 N–H and O–H groups in total. The Kier molecular flexibility index (Phi) is 5.05. The third kappa shape index (κ3) is 3.51. The highest BCUT2D eigenvalue weighted by Crippen LogP contribution is 2.47. The number of fused-ring (bicyclic) bond motifs is 2. The molecule has 5 rings (SSSR count). The lowest BCUT2D eigenvalue weighted by Gasteiger charge is -2.36. The minimum atomic E-state index is -0.627. The van der Waals surface area contributed by atoms with Gasteiger partial charge in [0.1, 0.15) is 0 Å². The fraction of sp³-hybridized carbons (Fsp3) is 0.480. The molecule has 2 fully saturated rings. The highest BCUT2D eigenvalue weighted by molar-refractivity contribution is 5.94. The molecule has 156 valence electrons. The summed E-state index contributed by atoms with van der Waals surface area (Å²) in [5.74, 6) is 0.488. The number of carbonyl (C=O) groups excluding carboxylic acids is 2. The highest BCUT2D eigenvalue weighted by Gasteiger charge is 2.49. The molecule has 0 radical (unpaired) electrons. The van der Waals surface area contributed by atoms with Gasteiger partial charge in [-0.2, -0.15) is 0 Å². The maximum atomic E-state index is 12.9. The first kappa shape index (κ1) is 19.3. The van der Waals surface area contributed by atoms with Gasteiger partial charge in [0.15, 0.2) is 5.60 Å². The normalized spacial score (nSPS) is 30.5. The van der Waals surface area contributed by atoms with Crippen LogP contribution >= 0.6 is 0 Å². The lowest BCUT2D eigenvalue weighted by atomic mass is 9.76. The molecule has 2 heterocycles. The summed E-state index contributed by atoms with van der Waals surface area (Å²) < 4.78 is 5.76. The summed E-state index contributed by atoms with van der Waals surface area (Å²) in [5.41, 5.74) is 2.13. The van der Waals surface area contributed by atoms with Crippen LogP contribution in [0.5, 0.6) is 0 Å². The number of nitrogens with zero attached hydrogens (tertiary/aromatic N) is 1. The van der Waals surface area contributed by atoms with E-state index in [-0.39, 0.29) is 23.8 Å². The van der Waals surface area contributed by atoms with Crippen molar-refractivity contribution in [1.29, 1.82) is 0 Å². The van der Waals surface area contributed by atoms with E-state index in [0.29, 0.717) is 24.3 Å². The van der Waals surface area contributed by atoms with Crippen LogP contribution < -0.4 is 5.32 Å². The number of pyridine rings is 1. The fourth-order valence-electron chi connectivity index (χ4n) is 5.51. The highest BCUT2D eigenvalue weighted by atomic mass is 16.6. The third-order valence-corrected chi connectivity index (χ3v) is 7.26. The van der Waals surface area contributed by atoms with Crippen molar-refractivity contribution < 1.29 is 14.3 Å². The largest absolute Gasteiger partial charge is 0.449 e. The lowest BCUT2D eigenvalue weighted by molar-refractivity contribution is -0.129. The van der Waals surface area contributed by atoms with Gasteiger partial charge in [-0.1, -0.05) is 30.3 Å². The third-order valence-electron chi connectivity index (χ3n) is 7.26. The van der Waals surface area contributed by atoms with E-state index >= 15 is 0 Å². The van der Waals surface area contributed by atoms with E-state index in [2.05, 4.69) is 40.6 Å². The van der Waals surface area contributed by atoms with E-state index < -0.39 is 5.60 Å². The smallest absolute Gasteiger partial charge is 0.341 e. The molecule has 1 amide bonds. The van der Waals surface area contributed by atoms with Crippen molar-refractivity contribution in [2.75, 3.05) is 0 Å². The second kappa shape index (κ2) is 7.86. The van der Waals surface area contributed by atoms with Crippen molar-refractivity contribution in [3.63, 3.8) is 0 Å². The van der Waals surface area contributed by atoms with E-state index in [1.165, 1.54) is 5.56 Å². The zero-order chi connectivity index (χ0) is 20.6. The standard InChI is InChI=1S/C25H28N2O3/c28-23(27-20-10-8-18(9-11-20)17-5-2-1-3-6-17)19-12-14-25(15-13-19)22-21(24(29)30-25)7-4-16-26-22/h1-7,16,18-20H,8-15H2,(H,27,28). The monoisotopic (exact) mass is 404 g/mol. The molecule has 1 aliphatic heterocycles. The summed E-state index contributed by atoms with van der Waals surface area (Å²) in [4.78, 5) is 29.5. The van der Waals surface area contributed by atoms with Gasteiger partial charge >= 0.3 is 5.97 Å². The molecule has 1 spiro atoms. The number of rotatable bonds is 3. The predicted octanol–water partition coefficient (Wildman–Crippen LogP) is 4.48. The second-order valence-corrected chi connectivity index (χ2v) is 9.03. The summed E-state index contributed by atoms with van der Waals surface area (Å²) in [6, 6.07) is 14.5. The van der Waals surface area contributed by atoms with Crippen LogP contribution in [0.15, 0.2) is 48.7 Å². The Morgan fingerprint density at radius 3 is 2.43 bits per heavy atom. The van der Waals surface area contributed by atoms with Crippen LogP contribution in [0, 0.1) is 5.92 Å². The molecule has 5 heteroatoms. The minimum absolute atomic E-state index is 0.00561. The van der Waals surface area contributed by atoms with Crippen LogP contribution in [0.2, 0.25) is 0 Å². The summed E-state index contributed by atoms with van der Waals surface area (Å²) >= 11 is 0. The lowest BCUT2D eigenvalue weighted by Crippen LogP contribution is -2.43. The van der Waals surface area contributed by atoms with Crippen molar-refractivity contribution in [2.24, 2.45) is 5.92 Å². The maximum absolute atomic E-state index is 12.9. The van der Waals surface area contributed by atoms with E-state index in [0.717, 1.165) is 44.2 Å². The molecule has 30 heavy (non-hydrogen) atoms. The van der Waals surface area contributed by atoms with Gasteiger partial charge in [0.05, 0.1) is 11.3 Å². The van der Waals surface area contributed by atoms with Gasteiger partial charge in [-0.05, 0) is 75.0 Å². The van der Waals surface area contributed by atoms with Gasteiger partial charge in [0.2, 0.25) is 5.91 Å². The van der Waals surface area contributed by atoms with Crippen molar-refractivity contribution in [3.8, 4) is 0 Å². The molecule has 0 unspecified atom stereocenters. The van der Waals surface area contributed by atoms with Crippen LogP contribution in [0.3, 0.4) is 0 Å². The molecule has 0 saturated heterocycles. The molecule has 2 saturated carbocycles. The van der Waals surface area contributed by atoms with Gasteiger partial charge in [0.25, 0.3) is 0 Å². The number of esters is 1. The number of nitrogens with one attached hydrogen (secondary N) is 1. The molecule has 0 bridgehead atoms. The number of aromatic nitrogens is 1. The molecule has 2 aromatic rings. The molecule has 3 aliphatic rings. The Morgan fingerprint density at radius 2 is 1.70 bits per heavy atom. The Balaban J connectivity index is 1.15. The van der Waals surface area contributed by atoms with Crippen LogP contribution in [-0.2, 0) is 15.1 Å². The van der Waals surface area contributed by atoms with Crippen molar-refractivity contribution in [3.05, 3.63) is 65.5 Å². The number of carbonyl (C=O) groups is 2. The summed E-state index contributed by atoms with van der Waals surface area (Å²) in [5, 5.41) is 3.31. The maximum Gasteiger partial charge on any atom is 0.341 e. The van der Waals surface area contributed by atoms with Gasteiger partial charge in [-0.25, -0.2) is 4.79 Å². The summed E-state index contributed by atoms with van der Waals surface area (Å²) in [7, 11) is 0. The molecule has 1 aromatic carbocycles. The fourth-order valence-corrected chi connectivity index (χ4v) is 5.51. The molecule has 1 aromatic heterocycles. The Labute approximate surface area is 177 Å². The topological polar surface area (TPSA) is 68.3 Å². The molecule has 5 nitrogen and oxygen atoms in total. The quantitative estimate of drug-likeness (QED) is 0.766. The van der Waals surface area contributed by atoms with E-state index in [1.54, 1.807) is 18.3 Å². The zero-order valence-corrected chi connectivity index (χ0v) is 17.2. The van der Waals surface area contributed by atoms with Crippen LogP contribution in [0.25, 0.3) is 0 Å². The number of ether oxygens (including phenoxy) is 1. The summed E-state index contributed by atoms with van der Waals surface area (Å²) in [6.45, 7) is 0. The number of hydrogen-bond acceptors (Lipinski definition) is 4. The first-order valence-corrected chi connectivity index (χ1v) is 11.2. The zero-order valence-electron chi connectivity index (χ0n) is 17.2. The van der Waals surface area contributed by atoms with Gasteiger partial charge in [0, 0.05) is 18.2 Å².